The summed E-state index contributed by atoms with van der Waals surface area (Å²) in [5, 5.41) is 2.80. The lowest BCUT2D eigenvalue weighted by Crippen LogP contribution is -2.61. The van der Waals surface area contributed by atoms with E-state index in [0.717, 1.165) is 12.8 Å². The van der Waals surface area contributed by atoms with Crippen molar-refractivity contribution in [3.8, 4) is 22.3 Å². The number of rotatable bonds is 4. The lowest BCUT2D eigenvalue weighted by Gasteiger charge is -2.45. The van der Waals surface area contributed by atoms with Gasteiger partial charge in [-0.15, -0.1) is 0 Å². The normalized spacial score (nSPS) is 14.4. The molecule has 2 nitrogen and oxygen atoms in total. The third-order valence-electron chi connectivity index (χ3n) is 14.5. The van der Waals surface area contributed by atoms with E-state index in [1.165, 1.54) is 118 Å². The predicted molar refractivity (Wildman–Crippen MR) is 277 cm³/mol. The van der Waals surface area contributed by atoms with Gasteiger partial charge in [-0.25, -0.2) is 0 Å². The molecule has 316 valence electrons. The largest absolute Gasteiger partial charge is 0.311 e. The zero-order valence-electron chi connectivity index (χ0n) is 39.1. The summed E-state index contributed by atoms with van der Waals surface area (Å²) >= 11 is 0. The molecule has 0 radical (unpaired) electrons. The Morgan fingerprint density at radius 2 is 0.938 bits per heavy atom. The average molecular weight is 831 g/mol. The van der Waals surface area contributed by atoms with Crippen molar-refractivity contribution in [2.45, 2.75) is 97.8 Å². The second-order valence-electron chi connectivity index (χ2n) is 21.7. The maximum absolute atomic E-state index is 2.63. The van der Waals surface area contributed by atoms with Gasteiger partial charge in [0.05, 0.1) is 11.4 Å². The van der Waals surface area contributed by atoms with Gasteiger partial charge in [0.1, 0.15) is 0 Å². The van der Waals surface area contributed by atoms with Crippen LogP contribution >= 0.6 is 0 Å². The van der Waals surface area contributed by atoms with Crippen molar-refractivity contribution in [3.05, 3.63) is 186 Å². The molecule has 1 aliphatic carbocycles. The van der Waals surface area contributed by atoms with Crippen LogP contribution in [0, 0.1) is 0 Å². The zero-order chi connectivity index (χ0) is 44.3. The summed E-state index contributed by atoms with van der Waals surface area (Å²) < 4.78 is 0. The highest BCUT2D eigenvalue weighted by Crippen LogP contribution is 2.50. The van der Waals surface area contributed by atoms with Gasteiger partial charge < -0.3 is 9.80 Å². The van der Waals surface area contributed by atoms with Gasteiger partial charge in [0.25, 0.3) is 6.71 Å². The first kappa shape index (κ1) is 40.5. The summed E-state index contributed by atoms with van der Waals surface area (Å²) in [6, 6.07) is 61.1. The topological polar surface area (TPSA) is 6.48 Å². The summed E-state index contributed by atoms with van der Waals surface area (Å²) in [6.07, 6.45) is 3.48. The van der Waals surface area contributed by atoms with Crippen LogP contribution in [0.5, 0.6) is 0 Å². The molecule has 3 heteroatoms. The Bertz CT molecular complexity index is 3130. The van der Waals surface area contributed by atoms with Crippen LogP contribution in [0.15, 0.2) is 158 Å². The first-order valence-corrected chi connectivity index (χ1v) is 23.5. The van der Waals surface area contributed by atoms with E-state index in [1.807, 2.05) is 0 Å². The standard InChI is InChI=1S/C61H59BN2/c1-59(2,3)44-28-24-39(25-29-44)43-26-32-49-55(36-43)64(52-35-31-45(60(4,5)6)37-48(52)40-16-11-10-12-17-40)54-23-15-22-53-58(54)62(49)50-33-30-46(61(7,8)9)38-56(50)63(53)51-34-27-42-19-13-18-41-20-14-21-47(51)57(41)42/h10-12,14-17,20-38H,13,18-19H2,1-9H3. The van der Waals surface area contributed by atoms with E-state index in [1.54, 1.807) is 0 Å². The highest BCUT2D eigenvalue weighted by Gasteiger charge is 2.44. The van der Waals surface area contributed by atoms with E-state index in [2.05, 4.69) is 230 Å². The van der Waals surface area contributed by atoms with Crippen LogP contribution in [0.25, 0.3) is 33.0 Å². The zero-order valence-corrected chi connectivity index (χ0v) is 39.1. The molecule has 0 amide bonds. The molecule has 8 aromatic rings. The van der Waals surface area contributed by atoms with Crippen molar-refractivity contribution in [1.82, 2.24) is 0 Å². The highest BCUT2D eigenvalue weighted by atomic mass is 15.2. The van der Waals surface area contributed by atoms with Crippen molar-refractivity contribution in [2.24, 2.45) is 0 Å². The van der Waals surface area contributed by atoms with Gasteiger partial charge in [0.2, 0.25) is 0 Å². The summed E-state index contributed by atoms with van der Waals surface area (Å²) in [5.74, 6) is 0. The number of hydrogen-bond acceptors (Lipinski definition) is 2. The first-order chi connectivity index (χ1) is 30.6. The molecule has 0 saturated carbocycles. The highest BCUT2D eigenvalue weighted by molar-refractivity contribution is 7.00. The Morgan fingerprint density at radius 3 is 1.62 bits per heavy atom. The average Bonchev–Trinajstić information content (AvgIpc) is 3.28. The Balaban J connectivity index is 1.22. The maximum Gasteiger partial charge on any atom is 0.252 e. The molecule has 64 heavy (non-hydrogen) atoms. The minimum atomic E-state index is -0.0193. The Labute approximate surface area is 381 Å². The van der Waals surface area contributed by atoms with Crippen LogP contribution in [-0.4, -0.2) is 6.71 Å². The van der Waals surface area contributed by atoms with Crippen LogP contribution in [0.4, 0.5) is 34.1 Å². The van der Waals surface area contributed by atoms with E-state index in [0.29, 0.717) is 0 Å². The quantitative estimate of drug-likeness (QED) is 0.163. The van der Waals surface area contributed by atoms with Crippen molar-refractivity contribution < 1.29 is 0 Å². The molecular weight excluding hydrogens is 771 g/mol. The minimum absolute atomic E-state index is 0.0138. The Hall–Kier alpha value is -6.32. The molecular formula is C61H59BN2. The van der Waals surface area contributed by atoms with Gasteiger partial charge in [0.15, 0.2) is 0 Å². The fraction of sp³-hybridized carbons (Fsp3) is 0.246. The fourth-order valence-electron chi connectivity index (χ4n) is 10.9. The second kappa shape index (κ2) is 14.6. The van der Waals surface area contributed by atoms with E-state index in [-0.39, 0.29) is 23.0 Å². The molecule has 0 atom stereocenters. The number of nitrogens with zero attached hydrogens (tertiary/aromatic N) is 2. The lowest BCUT2D eigenvalue weighted by atomic mass is 9.33. The van der Waals surface area contributed by atoms with E-state index >= 15 is 0 Å². The van der Waals surface area contributed by atoms with Crippen LogP contribution in [0.1, 0.15) is 96.6 Å². The molecule has 0 aromatic heterocycles. The number of fused-ring (bicyclic) bond motifs is 4. The Morgan fingerprint density at radius 1 is 0.391 bits per heavy atom. The smallest absolute Gasteiger partial charge is 0.252 e. The van der Waals surface area contributed by atoms with Gasteiger partial charge in [0, 0.05) is 33.7 Å². The van der Waals surface area contributed by atoms with Gasteiger partial charge in [-0.05, 0) is 144 Å². The molecule has 0 unspecified atom stereocenters. The summed E-state index contributed by atoms with van der Waals surface area (Å²) in [6.45, 7) is 20.9. The van der Waals surface area contributed by atoms with E-state index < -0.39 is 0 Å². The molecule has 0 spiro atoms. The maximum atomic E-state index is 2.63. The third-order valence-corrected chi connectivity index (χ3v) is 14.5. The molecule has 0 saturated heterocycles. The Kier molecular flexibility index (Phi) is 9.24. The molecule has 0 bridgehead atoms. The van der Waals surface area contributed by atoms with Gasteiger partial charge in [-0.2, -0.15) is 0 Å². The number of aryl methyl sites for hydroxylation is 2. The lowest BCUT2D eigenvalue weighted by molar-refractivity contribution is 0.590. The van der Waals surface area contributed by atoms with E-state index in [9.17, 15) is 0 Å². The predicted octanol–water partition coefficient (Wildman–Crippen LogP) is 14.6. The first-order valence-electron chi connectivity index (χ1n) is 23.5. The van der Waals surface area contributed by atoms with Crippen LogP contribution in [-0.2, 0) is 29.1 Å². The van der Waals surface area contributed by atoms with Gasteiger partial charge >= 0.3 is 0 Å². The van der Waals surface area contributed by atoms with Crippen molar-refractivity contribution in [3.63, 3.8) is 0 Å². The number of anilines is 6. The monoisotopic (exact) mass is 830 g/mol. The summed E-state index contributed by atoms with van der Waals surface area (Å²) in [4.78, 5) is 5.24. The van der Waals surface area contributed by atoms with E-state index in [4.69, 9.17) is 0 Å². The fourth-order valence-corrected chi connectivity index (χ4v) is 10.9. The van der Waals surface area contributed by atoms with Crippen molar-refractivity contribution in [2.75, 3.05) is 9.80 Å². The molecule has 0 N–H and O–H groups in total. The molecule has 0 fully saturated rings. The number of benzene rings is 8. The van der Waals surface area contributed by atoms with Crippen molar-refractivity contribution in [1.29, 1.82) is 0 Å². The van der Waals surface area contributed by atoms with Crippen LogP contribution < -0.4 is 26.2 Å². The molecule has 3 aliphatic rings. The van der Waals surface area contributed by atoms with Crippen LogP contribution in [0.3, 0.4) is 0 Å². The molecule has 2 heterocycles. The van der Waals surface area contributed by atoms with Crippen molar-refractivity contribution >= 4 is 68.0 Å². The SMILES string of the molecule is CC(C)(C)c1ccc(-c2ccc3c(c2)N(c2ccc(C(C)(C)C)cc2-c2ccccc2)c2cccc4c2B3c2ccc(C(C)(C)C)cc2N4c2ccc3c4c(cccc24)CCC3)cc1. The molecule has 8 aromatic carbocycles. The van der Waals surface area contributed by atoms with Crippen LogP contribution in [0.2, 0.25) is 0 Å². The summed E-state index contributed by atoms with van der Waals surface area (Å²) in [7, 11) is 0. The summed E-state index contributed by atoms with van der Waals surface area (Å²) in [5.41, 5.74) is 23.4. The number of hydrogen-bond donors (Lipinski definition) is 0. The second-order valence-corrected chi connectivity index (χ2v) is 21.7. The van der Waals surface area contributed by atoms with Gasteiger partial charge in [-0.3, -0.25) is 0 Å². The molecule has 2 aliphatic heterocycles. The molecule has 11 rings (SSSR count). The van der Waals surface area contributed by atoms with Gasteiger partial charge in [-0.1, -0.05) is 178 Å². The third kappa shape index (κ3) is 6.53. The minimum Gasteiger partial charge on any atom is -0.311 e.